The number of carbonyl (C=O) groups is 1. The van der Waals surface area contributed by atoms with Gasteiger partial charge < -0.3 is 20.1 Å². The number of hydrogen-bond acceptors (Lipinski definition) is 5. The van der Waals surface area contributed by atoms with Crippen molar-refractivity contribution in [3.05, 3.63) is 23.3 Å². The molecule has 0 aromatic carbocycles. The van der Waals surface area contributed by atoms with Gasteiger partial charge in [0.15, 0.2) is 0 Å². The summed E-state index contributed by atoms with van der Waals surface area (Å²) in [6, 6.07) is 0. The van der Waals surface area contributed by atoms with Gasteiger partial charge in [0.05, 0.1) is 23.7 Å². The molecule has 0 aliphatic carbocycles. The number of esters is 1. The van der Waals surface area contributed by atoms with Crippen molar-refractivity contribution in [3.8, 4) is 0 Å². The number of carbonyl (C=O) groups excluding carboxylic acids is 1. The second kappa shape index (κ2) is 13.7. The third kappa shape index (κ3) is 9.92. The Morgan fingerprint density at radius 1 is 1.30 bits per heavy atom. The molecule has 33 heavy (non-hydrogen) atoms. The lowest BCUT2D eigenvalue weighted by molar-refractivity contribution is -0.164. The van der Waals surface area contributed by atoms with E-state index in [1.807, 2.05) is 20.8 Å². The molecule has 0 aromatic heterocycles. The number of aliphatic hydroxyl groups is 3. The number of ether oxygens (including phenoxy) is 1. The molecule has 0 bridgehead atoms. The molecule has 0 radical (unpaired) electrons. The first-order valence-electron chi connectivity index (χ1n) is 12.9. The minimum atomic E-state index is -0.596. The van der Waals surface area contributed by atoms with E-state index in [-0.39, 0.29) is 29.8 Å². The molecule has 1 aliphatic heterocycles. The molecular formula is C28H50O5. The van der Waals surface area contributed by atoms with E-state index in [2.05, 4.69) is 39.8 Å². The van der Waals surface area contributed by atoms with Crippen LogP contribution >= 0.6 is 0 Å². The number of rotatable bonds is 8. The van der Waals surface area contributed by atoms with Gasteiger partial charge in [-0.25, -0.2) is 0 Å². The van der Waals surface area contributed by atoms with Crippen LogP contribution in [0.15, 0.2) is 23.3 Å². The Bertz CT molecular complexity index is 667. The van der Waals surface area contributed by atoms with E-state index >= 15 is 0 Å². The maximum absolute atomic E-state index is 13.2. The molecule has 192 valence electrons. The van der Waals surface area contributed by atoms with E-state index in [9.17, 15) is 20.1 Å². The van der Waals surface area contributed by atoms with Gasteiger partial charge in [-0.15, -0.1) is 0 Å². The molecule has 5 nitrogen and oxygen atoms in total. The molecule has 1 rings (SSSR count). The highest BCUT2D eigenvalue weighted by atomic mass is 16.5. The summed E-state index contributed by atoms with van der Waals surface area (Å²) in [5.74, 6) is 0.0654. The molecule has 0 fully saturated rings. The molecule has 8 atom stereocenters. The first-order valence-corrected chi connectivity index (χ1v) is 12.9. The monoisotopic (exact) mass is 466 g/mol. The van der Waals surface area contributed by atoms with Gasteiger partial charge in [0.25, 0.3) is 0 Å². The zero-order chi connectivity index (χ0) is 25.3. The van der Waals surface area contributed by atoms with Crippen LogP contribution in [0.4, 0.5) is 0 Å². The SMILES string of the molecule is CC[C@@]1(C)CCC(O)[C@@H](C)C/C(C)=C/C[C@H]([C@@H](C)C/C(C)=C/[C@@H](C)[C@H](O)C[C@@H](C)O)OC1=O. The predicted molar refractivity (Wildman–Crippen MR) is 135 cm³/mol. The van der Waals surface area contributed by atoms with Crippen LogP contribution in [0.1, 0.15) is 100 Å². The van der Waals surface area contributed by atoms with E-state index in [0.717, 1.165) is 18.4 Å². The highest BCUT2D eigenvalue weighted by molar-refractivity contribution is 5.76. The number of hydrogen-bond donors (Lipinski definition) is 3. The van der Waals surface area contributed by atoms with Gasteiger partial charge >= 0.3 is 5.97 Å². The van der Waals surface area contributed by atoms with Crippen molar-refractivity contribution in [2.45, 2.75) is 125 Å². The van der Waals surface area contributed by atoms with E-state index in [0.29, 0.717) is 32.1 Å². The molecule has 0 aromatic rings. The topological polar surface area (TPSA) is 87.0 Å². The van der Waals surface area contributed by atoms with Crippen LogP contribution in [0.2, 0.25) is 0 Å². The van der Waals surface area contributed by atoms with Crippen molar-refractivity contribution in [1.82, 2.24) is 0 Å². The van der Waals surface area contributed by atoms with Crippen LogP contribution in [-0.2, 0) is 9.53 Å². The lowest BCUT2D eigenvalue weighted by atomic mass is 9.79. The average Bonchev–Trinajstić information content (AvgIpc) is 2.72. The van der Waals surface area contributed by atoms with Gasteiger partial charge in [-0.05, 0) is 78.1 Å². The van der Waals surface area contributed by atoms with Crippen molar-refractivity contribution < 1.29 is 24.9 Å². The number of allylic oxidation sites excluding steroid dienone is 2. The van der Waals surface area contributed by atoms with Crippen molar-refractivity contribution in [3.63, 3.8) is 0 Å². The average molecular weight is 467 g/mol. The highest BCUT2D eigenvalue weighted by Gasteiger charge is 2.36. The van der Waals surface area contributed by atoms with Crippen LogP contribution < -0.4 is 0 Å². The molecule has 0 amide bonds. The molecule has 1 aliphatic rings. The van der Waals surface area contributed by atoms with Crippen molar-refractivity contribution >= 4 is 5.97 Å². The summed E-state index contributed by atoms with van der Waals surface area (Å²) in [6.45, 7) is 16.0. The Balaban J connectivity index is 3.04. The quantitative estimate of drug-likeness (QED) is 0.321. The number of cyclic esters (lactones) is 1. The fourth-order valence-corrected chi connectivity index (χ4v) is 4.73. The highest BCUT2D eigenvalue weighted by Crippen LogP contribution is 2.34. The first kappa shape index (κ1) is 29.9. The Morgan fingerprint density at radius 3 is 2.52 bits per heavy atom. The molecule has 1 unspecified atom stereocenters. The van der Waals surface area contributed by atoms with E-state index in [1.54, 1.807) is 6.92 Å². The largest absolute Gasteiger partial charge is 0.461 e. The molecule has 1 heterocycles. The van der Waals surface area contributed by atoms with Gasteiger partial charge in [-0.1, -0.05) is 51.0 Å². The minimum absolute atomic E-state index is 0.0518. The van der Waals surface area contributed by atoms with E-state index in [1.165, 1.54) is 5.57 Å². The molecule has 5 heteroatoms. The van der Waals surface area contributed by atoms with Crippen molar-refractivity contribution in [2.75, 3.05) is 0 Å². The fourth-order valence-electron chi connectivity index (χ4n) is 4.73. The van der Waals surface area contributed by atoms with Gasteiger partial charge in [0, 0.05) is 12.3 Å². The molecule has 0 saturated carbocycles. The zero-order valence-electron chi connectivity index (χ0n) is 22.3. The molecule has 3 N–H and O–H groups in total. The predicted octanol–water partition coefficient (Wildman–Crippen LogP) is 5.57. The van der Waals surface area contributed by atoms with Gasteiger partial charge in [-0.3, -0.25) is 4.79 Å². The first-order chi connectivity index (χ1) is 15.3. The minimum Gasteiger partial charge on any atom is -0.461 e. The lowest BCUT2D eigenvalue weighted by Crippen LogP contribution is -2.36. The summed E-state index contributed by atoms with van der Waals surface area (Å²) in [5, 5.41) is 30.4. The standard InChI is InChI=1S/C28H50O5/c1-9-28(8)13-12-24(30)20(4)14-18(2)10-11-26(33-27(28)32)22(6)16-19(3)15-21(5)25(31)17-23(7)29/h10,15,20-26,29-31H,9,11-14,16-17H2,1-8H3/b18-10+,19-15+/t20-,21+,22-,23+,24?,25+,26+,28-/m0/s1. The smallest absolute Gasteiger partial charge is 0.312 e. The second-order valence-electron chi connectivity index (χ2n) is 11.1. The Hall–Kier alpha value is -1.17. The van der Waals surface area contributed by atoms with Crippen LogP contribution in [0.25, 0.3) is 0 Å². The maximum Gasteiger partial charge on any atom is 0.312 e. The third-order valence-corrected chi connectivity index (χ3v) is 7.54. The van der Waals surface area contributed by atoms with E-state index in [4.69, 9.17) is 4.74 Å². The van der Waals surface area contributed by atoms with Gasteiger partial charge in [0.1, 0.15) is 6.10 Å². The normalized spacial score (nSPS) is 33.5. The molecule has 0 saturated heterocycles. The Morgan fingerprint density at radius 2 is 1.94 bits per heavy atom. The summed E-state index contributed by atoms with van der Waals surface area (Å²) in [7, 11) is 0. The van der Waals surface area contributed by atoms with Crippen molar-refractivity contribution in [1.29, 1.82) is 0 Å². The third-order valence-electron chi connectivity index (χ3n) is 7.54. The lowest BCUT2D eigenvalue weighted by Gasteiger charge is -2.33. The van der Waals surface area contributed by atoms with Crippen LogP contribution in [-0.4, -0.2) is 45.7 Å². The number of aliphatic hydroxyl groups excluding tert-OH is 3. The summed E-state index contributed by atoms with van der Waals surface area (Å²) in [4.78, 5) is 13.2. The van der Waals surface area contributed by atoms with Crippen LogP contribution in [0.3, 0.4) is 0 Å². The fraction of sp³-hybridized carbons (Fsp3) is 0.821. The Labute approximate surface area is 202 Å². The Kier molecular flexibility index (Phi) is 12.4. The zero-order valence-corrected chi connectivity index (χ0v) is 22.3. The molecular weight excluding hydrogens is 416 g/mol. The molecule has 0 spiro atoms. The van der Waals surface area contributed by atoms with Crippen LogP contribution in [0, 0.1) is 23.2 Å². The summed E-state index contributed by atoms with van der Waals surface area (Å²) in [5.41, 5.74) is 1.77. The summed E-state index contributed by atoms with van der Waals surface area (Å²) >= 11 is 0. The second-order valence-corrected chi connectivity index (χ2v) is 11.1. The summed E-state index contributed by atoms with van der Waals surface area (Å²) in [6.07, 6.45) is 7.02. The maximum atomic E-state index is 13.2. The van der Waals surface area contributed by atoms with Crippen molar-refractivity contribution in [2.24, 2.45) is 23.2 Å². The van der Waals surface area contributed by atoms with Gasteiger partial charge in [-0.2, -0.15) is 0 Å². The van der Waals surface area contributed by atoms with Crippen LogP contribution in [0.5, 0.6) is 0 Å². The summed E-state index contributed by atoms with van der Waals surface area (Å²) < 4.78 is 6.13. The van der Waals surface area contributed by atoms with Gasteiger partial charge in [0.2, 0.25) is 0 Å². The van der Waals surface area contributed by atoms with E-state index < -0.39 is 23.7 Å².